The molecule has 0 bridgehead atoms. The van der Waals surface area contributed by atoms with E-state index in [0.29, 0.717) is 5.03 Å². The Bertz CT molecular complexity index is 419. The second-order valence-corrected chi connectivity index (χ2v) is 4.84. The van der Waals surface area contributed by atoms with Crippen molar-refractivity contribution in [3.63, 3.8) is 0 Å². The lowest BCUT2D eigenvalue weighted by Crippen LogP contribution is -2.09. The van der Waals surface area contributed by atoms with Crippen molar-refractivity contribution in [3.8, 4) is 0 Å². The molecule has 1 saturated heterocycles. The van der Waals surface area contributed by atoms with Crippen molar-refractivity contribution in [1.82, 2.24) is 4.98 Å². The molecule has 1 unspecified atom stereocenters. The van der Waals surface area contributed by atoms with Crippen LogP contribution in [0.3, 0.4) is 0 Å². The number of carbonyl (C=O) groups is 1. The van der Waals surface area contributed by atoms with Gasteiger partial charge >= 0.3 is 5.97 Å². The van der Waals surface area contributed by atoms with Crippen LogP contribution < -0.4 is 5.73 Å². The van der Waals surface area contributed by atoms with Gasteiger partial charge in [-0.15, -0.1) is 11.8 Å². The number of carboxylic acid groups (broad SMARTS) is 1. The number of aromatic nitrogens is 1. The molecule has 3 N–H and O–H groups in total. The van der Waals surface area contributed by atoms with E-state index in [0.717, 1.165) is 25.2 Å². The number of aromatic carboxylic acids is 1. The summed E-state index contributed by atoms with van der Waals surface area (Å²) in [6.07, 6.45) is 3.83. The monoisotopic (exact) mass is 254 g/mol. The highest BCUT2D eigenvalue weighted by molar-refractivity contribution is 7.99. The standard InChI is InChI=1S/C11H14N2O3S/c12-9-8(11(14)15)3-4-13-10(9)17-6-7-2-1-5-16-7/h3-4,7H,1-2,5-6,12H2,(H,14,15). The van der Waals surface area contributed by atoms with E-state index >= 15 is 0 Å². The smallest absolute Gasteiger partial charge is 0.337 e. The second-order valence-electron chi connectivity index (χ2n) is 3.83. The fourth-order valence-electron chi connectivity index (χ4n) is 1.70. The zero-order valence-corrected chi connectivity index (χ0v) is 10.1. The molecule has 2 heterocycles. The van der Waals surface area contributed by atoms with Gasteiger partial charge < -0.3 is 15.6 Å². The molecule has 1 aliphatic heterocycles. The summed E-state index contributed by atoms with van der Waals surface area (Å²) in [5.41, 5.74) is 6.11. The normalized spacial score (nSPS) is 19.4. The Kier molecular flexibility index (Phi) is 3.86. The van der Waals surface area contributed by atoms with Gasteiger partial charge in [0.15, 0.2) is 0 Å². The first-order valence-electron chi connectivity index (χ1n) is 5.40. The van der Waals surface area contributed by atoms with E-state index in [-0.39, 0.29) is 17.4 Å². The molecule has 6 heteroatoms. The molecule has 5 nitrogen and oxygen atoms in total. The lowest BCUT2D eigenvalue weighted by atomic mass is 10.2. The first kappa shape index (κ1) is 12.2. The van der Waals surface area contributed by atoms with Crippen LogP contribution in [0.25, 0.3) is 0 Å². The highest BCUT2D eigenvalue weighted by atomic mass is 32.2. The average Bonchev–Trinajstić information content (AvgIpc) is 2.80. The third-order valence-corrected chi connectivity index (χ3v) is 3.75. The van der Waals surface area contributed by atoms with Crippen LogP contribution in [0.1, 0.15) is 23.2 Å². The zero-order chi connectivity index (χ0) is 12.3. The maximum absolute atomic E-state index is 10.9. The molecule has 1 atom stereocenters. The number of anilines is 1. The van der Waals surface area contributed by atoms with Crippen LogP contribution in [0.15, 0.2) is 17.3 Å². The van der Waals surface area contributed by atoms with E-state index in [2.05, 4.69) is 4.98 Å². The summed E-state index contributed by atoms with van der Waals surface area (Å²) in [7, 11) is 0. The SMILES string of the molecule is Nc1c(C(=O)O)ccnc1SCC1CCCO1. The van der Waals surface area contributed by atoms with Gasteiger partial charge in [-0.3, -0.25) is 0 Å². The lowest BCUT2D eigenvalue weighted by Gasteiger charge is -2.10. The van der Waals surface area contributed by atoms with Crippen molar-refractivity contribution in [1.29, 1.82) is 0 Å². The number of nitrogens with two attached hydrogens (primary N) is 1. The molecule has 0 aromatic carbocycles. The minimum absolute atomic E-state index is 0.106. The van der Waals surface area contributed by atoms with Crippen molar-refractivity contribution in [2.45, 2.75) is 24.0 Å². The molecule has 1 fully saturated rings. The molecule has 17 heavy (non-hydrogen) atoms. The molecule has 0 amide bonds. The van der Waals surface area contributed by atoms with Crippen LogP contribution in [0, 0.1) is 0 Å². The molecule has 2 rings (SSSR count). The number of nitrogen functional groups attached to an aromatic ring is 1. The zero-order valence-electron chi connectivity index (χ0n) is 9.26. The van der Waals surface area contributed by atoms with E-state index < -0.39 is 5.97 Å². The van der Waals surface area contributed by atoms with Crippen molar-refractivity contribution >= 4 is 23.4 Å². The molecule has 1 aliphatic rings. The minimum atomic E-state index is -1.02. The van der Waals surface area contributed by atoms with Crippen LogP contribution in [0.2, 0.25) is 0 Å². The van der Waals surface area contributed by atoms with Gasteiger partial charge in [-0.1, -0.05) is 0 Å². The molecule has 0 spiro atoms. The maximum atomic E-state index is 10.9. The first-order chi connectivity index (χ1) is 8.18. The summed E-state index contributed by atoms with van der Waals surface area (Å²) in [4.78, 5) is 15.0. The van der Waals surface area contributed by atoms with E-state index in [1.165, 1.54) is 24.0 Å². The highest BCUT2D eigenvalue weighted by Crippen LogP contribution is 2.28. The first-order valence-corrected chi connectivity index (χ1v) is 6.39. The van der Waals surface area contributed by atoms with Crippen LogP contribution >= 0.6 is 11.8 Å². The number of nitrogens with zero attached hydrogens (tertiary/aromatic N) is 1. The topological polar surface area (TPSA) is 85.4 Å². The number of carboxylic acids is 1. The largest absolute Gasteiger partial charge is 0.478 e. The molecule has 1 aromatic rings. The number of rotatable bonds is 4. The third-order valence-electron chi connectivity index (χ3n) is 2.61. The molecular weight excluding hydrogens is 240 g/mol. The highest BCUT2D eigenvalue weighted by Gasteiger charge is 2.18. The molecular formula is C11H14N2O3S. The Morgan fingerprint density at radius 3 is 3.18 bits per heavy atom. The number of hydrogen-bond acceptors (Lipinski definition) is 5. The van der Waals surface area contributed by atoms with Gasteiger partial charge in [0.1, 0.15) is 5.03 Å². The third kappa shape index (κ3) is 2.89. The van der Waals surface area contributed by atoms with E-state index in [1.807, 2.05) is 0 Å². The molecule has 1 aromatic heterocycles. The Balaban J connectivity index is 2.04. The quantitative estimate of drug-likeness (QED) is 0.794. The summed E-state index contributed by atoms with van der Waals surface area (Å²) in [6.45, 7) is 0.809. The van der Waals surface area contributed by atoms with Crippen LogP contribution in [-0.2, 0) is 4.74 Å². The summed E-state index contributed by atoms with van der Waals surface area (Å²) >= 11 is 1.45. The average molecular weight is 254 g/mol. The Morgan fingerprint density at radius 2 is 2.53 bits per heavy atom. The van der Waals surface area contributed by atoms with E-state index in [1.54, 1.807) is 0 Å². The van der Waals surface area contributed by atoms with Crippen molar-refractivity contribution in [3.05, 3.63) is 17.8 Å². The maximum Gasteiger partial charge on any atom is 0.337 e. The second kappa shape index (κ2) is 5.37. The molecule has 0 aliphatic carbocycles. The van der Waals surface area contributed by atoms with Crippen molar-refractivity contribution in [2.75, 3.05) is 18.1 Å². The summed E-state index contributed by atoms with van der Waals surface area (Å²) in [5.74, 6) is -0.260. The van der Waals surface area contributed by atoms with Crippen LogP contribution in [-0.4, -0.2) is 34.5 Å². The minimum Gasteiger partial charge on any atom is -0.478 e. The number of ether oxygens (including phenoxy) is 1. The van der Waals surface area contributed by atoms with Crippen molar-refractivity contribution < 1.29 is 14.6 Å². The van der Waals surface area contributed by atoms with Crippen LogP contribution in [0.5, 0.6) is 0 Å². The van der Waals surface area contributed by atoms with Gasteiger partial charge in [-0.2, -0.15) is 0 Å². The van der Waals surface area contributed by atoms with Gasteiger partial charge in [0.25, 0.3) is 0 Å². The lowest BCUT2D eigenvalue weighted by molar-refractivity contribution is 0.0697. The number of pyridine rings is 1. The Hall–Kier alpha value is -1.27. The van der Waals surface area contributed by atoms with Gasteiger partial charge in [-0.25, -0.2) is 9.78 Å². The number of hydrogen-bond donors (Lipinski definition) is 2. The summed E-state index contributed by atoms with van der Waals surface area (Å²) < 4.78 is 5.49. The number of thioether (sulfide) groups is 1. The molecule has 0 saturated carbocycles. The predicted octanol–water partition coefficient (Wildman–Crippen LogP) is 1.63. The van der Waals surface area contributed by atoms with Crippen molar-refractivity contribution in [2.24, 2.45) is 0 Å². The van der Waals surface area contributed by atoms with Crippen LogP contribution in [0.4, 0.5) is 5.69 Å². The molecule has 0 radical (unpaired) electrons. The Morgan fingerprint density at radius 1 is 1.71 bits per heavy atom. The fraction of sp³-hybridized carbons (Fsp3) is 0.455. The van der Waals surface area contributed by atoms with E-state index in [9.17, 15) is 4.79 Å². The fourth-order valence-corrected chi connectivity index (χ4v) is 2.71. The van der Waals surface area contributed by atoms with Gasteiger partial charge in [-0.05, 0) is 18.9 Å². The predicted molar refractivity (Wildman–Crippen MR) is 65.3 cm³/mol. The summed E-state index contributed by atoms with van der Waals surface area (Å²) in [5, 5.41) is 9.50. The summed E-state index contributed by atoms with van der Waals surface area (Å²) in [6, 6.07) is 1.41. The van der Waals surface area contributed by atoms with Gasteiger partial charge in [0.05, 0.1) is 17.4 Å². The van der Waals surface area contributed by atoms with Gasteiger partial charge in [0.2, 0.25) is 0 Å². The van der Waals surface area contributed by atoms with E-state index in [4.69, 9.17) is 15.6 Å². The van der Waals surface area contributed by atoms with Gasteiger partial charge in [0, 0.05) is 18.6 Å². The molecule has 92 valence electrons. The Labute approximate surface area is 103 Å².